The lowest BCUT2D eigenvalue weighted by Gasteiger charge is -2.16. The van der Waals surface area contributed by atoms with Gasteiger partial charge in [0.2, 0.25) is 17.6 Å². The summed E-state index contributed by atoms with van der Waals surface area (Å²) in [5.74, 6) is -0.0181. The van der Waals surface area contributed by atoms with Gasteiger partial charge in [0, 0.05) is 18.7 Å². The fourth-order valence-electron chi connectivity index (χ4n) is 3.00. The van der Waals surface area contributed by atoms with Crippen molar-refractivity contribution in [2.24, 2.45) is 0 Å². The quantitative estimate of drug-likeness (QED) is 0.731. The molecule has 1 fully saturated rings. The van der Waals surface area contributed by atoms with Crippen LogP contribution < -0.4 is 4.90 Å². The minimum Gasteiger partial charge on any atom is -0.339 e. The Morgan fingerprint density at radius 3 is 2.68 bits per heavy atom. The minimum atomic E-state index is -0.404. The van der Waals surface area contributed by atoms with Crippen LogP contribution in [0.3, 0.4) is 0 Å². The van der Waals surface area contributed by atoms with Gasteiger partial charge < -0.3 is 9.42 Å². The summed E-state index contributed by atoms with van der Waals surface area (Å²) < 4.78 is 19.2. The molecule has 0 bridgehead atoms. The molecule has 1 aliphatic heterocycles. The normalized spacial score (nSPS) is 17.3. The molecular weight excluding hydrogens is 321 g/mol. The summed E-state index contributed by atoms with van der Waals surface area (Å²) in [6, 6.07) is 14.1. The third-order valence-corrected chi connectivity index (χ3v) is 4.38. The molecule has 2 heterocycles. The van der Waals surface area contributed by atoms with Crippen LogP contribution in [0.2, 0.25) is 0 Å². The first-order valence-corrected chi connectivity index (χ1v) is 8.07. The zero-order chi connectivity index (χ0) is 17.4. The van der Waals surface area contributed by atoms with Gasteiger partial charge in [-0.3, -0.25) is 4.79 Å². The molecule has 1 aliphatic rings. The smallest absolute Gasteiger partial charge is 0.232 e. The molecule has 6 heteroatoms. The van der Waals surface area contributed by atoms with E-state index in [4.69, 9.17) is 4.52 Å². The Labute approximate surface area is 144 Å². The molecule has 1 amide bonds. The standard InChI is InChI=1S/C19H16FN3O2/c1-12-6-8-14(9-7-12)23-11-13(10-17(23)24)19-21-18(22-25-19)15-4-2-3-5-16(15)20/h2-9,13H,10-11H2,1H3/t13-/m0/s1. The predicted molar refractivity (Wildman–Crippen MR) is 90.6 cm³/mol. The predicted octanol–water partition coefficient (Wildman–Crippen LogP) is 3.70. The first-order valence-electron chi connectivity index (χ1n) is 8.07. The van der Waals surface area contributed by atoms with Crippen LogP contribution in [0.5, 0.6) is 0 Å². The second kappa shape index (κ2) is 6.12. The van der Waals surface area contributed by atoms with E-state index in [9.17, 15) is 9.18 Å². The first-order chi connectivity index (χ1) is 12.1. The number of benzene rings is 2. The zero-order valence-corrected chi connectivity index (χ0v) is 13.6. The molecule has 25 heavy (non-hydrogen) atoms. The third-order valence-electron chi connectivity index (χ3n) is 4.38. The highest BCUT2D eigenvalue weighted by Gasteiger charge is 2.35. The van der Waals surface area contributed by atoms with Gasteiger partial charge in [-0.1, -0.05) is 35.0 Å². The SMILES string of the molecule is Cc1ccc(N2C[C@@H](c3nc(-c4ccccc4F)no3)CC2=O)cc1. The van der Waals surface area contributed by atoms with Crippen LogP contribution in [0.4, 0.5) is 10.1 Å². The molecule has 126 valence electrons. The molecule has 1 saturated heterocycles. The summed E-state index contributed by atoms with van der Waals surface area (Å²) in [4.78, 5) is 18.4. The topological polar surface area (TPSA) is 59.2 Å². The number of carbonyl (C=O) groups excluding carboxylic acids is 1. The highest BCUT2D eigenvalue weighted by Crippen LogP contribution is 2.32. The lowest BCUT2D eigenvalue weighted by Crippen LogP contribution is -2.24. The van der Waals surface area contributed by atoms with Gasteiger partial charge in [-0.05, 0) is 31.2 Å². The number of nitrogens with zero attached hydrogens (tertiary/aromatic N) is 3. The summed E-state index contributed by atoms with van der Waals surface area (Å²) in [7, 11) is 0. The summed E-state index contributed by atoms with van der Waals surface area (Å²) in [6.45, 7) is 2.47. The summed E-state index contributed by atoms with van der Waals surface area (Å²) in [5, 5.41) is 3.87. The highest BCUT2D eigenvalue weighted by atomic mass is 19.1. The molecule has 1 aromatic heterocycles. The highest BCUT2D eigenvalue weighted by molar-refractivity contribution is 5.96. The van der Waals surface area contributed by atoms with Crippen molar-refractivity contribution in [2.45, 2.75) is 19.3 Å². The summed E-state index contributed by atoms with van der Waals surface area (Å²) in [5.41, 5.74) is 2.28. The number of halogens is 1. The van der Waals surface area contributed by atoms with Gasteiger partial charge in [-0.2, -0.15) is 4.98 Å². The van der Waals surface area contributed by atoms with Crippen LogP contribution in [0.1, 0.15) is 23.8 Å². The molecule has 0 saturated carbocycles. The fourth-order valence-corrected chi connectivity index (χ4v) is 3.00. The van der Waals surface area contributed by atoms with Crippen molar-refractivity contribution in [1.29, 1.82) is 0 Å². The summed E-state index contributed by atoms with van der Waals surface area (Å²) >= 11 is 0. The Morgan fingerprint density at radius 1 is 1.16 bits per heavy atom. The molecule has 0 aliphatic carbocycles. The molecule has 5 nitrogen and oxygen atoms in total. The van der Waals surface area contributed by atoms with E-state index in [0.717, 1.165) is 11.3 Å². The van der Waals surface area contributed by atoms with E-state index in [2.05, 4.69) is 10.1 Å². The molecule has 0 N–H and O–H groups in total. The molecule has 4 rings (SSSR count). The van der Waals surface area contributed by atoms with Crippen LogP contribution in [-0.2, 0) is 4.79 Å². The van der Waals surface area contributed by atoms with Gasteiger partial charge in [0.15, 0.2) is 0 Å². The second-order valence-electron chi connectivity index (χ2n) is 6.18. The minimum absolute atomic E-state index is 0.0134. The van der Waals surface area contributed by atoms with Crippen LogP contribution in [0.25, 0.3) is 11.4 Å². The van der Waals surface area contributed by atoms with Crippen LogP contribution in [0, 0.1) is 12.7 Å². The van der Waals surface area contributed by atoms with E-state index in [1.54, 1.807) is 23.1 Å². The van der Waals surface area contributed by atoms with Gasteiger partial charge in [-0.25, -0.2) is 4.39 Å². The maximum absolute atomic E-state index is 13.9. The third kappa shape index (κ3) is 2.91. The van der Waals surface area contributed by atoms with Gasteiger partial charge in [0.1, 0.15) is 5.82 Å². The maximum atomic E-state index is 13.9. The maximum Gasteiger partial charge on any atom is 0.232 e. The Kier molecular flexibility index (Phi) is 3.80. The van der Waals surface area contributed by atoms with E-state index >= 15 is 0 Å². The number of aryl methyl sites for hydroxylation is 1. The van der Waals surface area contributed by atoms with Crippen LogP contribution >= 0.6 is 0 Å². The molecule has 0 radical (unpaired) electrons. The summed E-state index contributed by atoms with van der Waals surface area (Å²) in [6.07, 6.45) is 0.298. The van der Waals surface area contributed by atoms with Crippen molar-refractivity contribution in [2.75, 3.05) is 11.4 Å². The Bertz CT molecular complexity index is 920. The van der Waals surface area contributed by atoms with Crippen molar-refractivity contribution in [1.82, 2.24) is 10.1 Å². The van der Waals surface area contributed by atoms with Crippen LogP contribution in [0.15, 0.2) is 53.1 Å². The van der Waals surface area contributed by atoms with Crippen molar-refractivity contribution in [3.63, 3.8) is 0 Å². The van der Waals surface area contributed by atoms with Crippen molar-refractivity contribution < 1.29 is 13.7 Å². The molecule has 2 aromatic carbocycles. The first kappa shape index (κ1) is 15.5. The van der Waals surface area contributed by atoms with Crippen molar-refractivity contribution in [3.8, 4) is 11.4 Å². The number of rotatable bonds is 3. The Hall–Kier alpha value is -3.02. The average Bonchev–Trinajstić information content (AvgIpc) is 3.23. The number of anilines is 1. The van der Waals surface area contributed by atoms with E-state index in [1.807, 2.05) is 31.2 Å². The van der Waals surface area contributed by atoms with E-state index in [-0.39, 0.29) is 23.2 Å². The van der Waals surface area contributed by atoms with Crippen molar-refractivity contribution in [3.05, 3.63) is 65.8 Å². The number of amides is 1. The molecule has 0 spiro atoms. The number of carbonyl (C=O) groups is 1. The number of hydrogen-bond acceptors (Lipinski definition) is 4. The van der Waals surface area contributed by atoms with E-state index < -0.39 is 5.82 Å². The Balaban J connectivity index is 1.57. The number of hydrogen-bond donors (Lipinski definition) is 0. The lowest BCUT2D eigenvalue weighted by atomic mass is 10.1. The van der Waals surface area contributed by atoms with Crippen molar-refractivity contribution >= 4 is 11.6 Å². The van der Waals surface area contributed by atoms with E-state index in [1.165, 1.54) is 6.07 Å². The van der Waals surface area contributed by atoms with Gasteiger partial charge in [0.25, 0.3) is 0 Å². The number of aromatic nitrogens is 2. The van der Waals surface area contributed by atoms with Gasteiger partial charge >= 0.3 is 0 Å². The van der Waals surface area contributed by atoms with Gasteiger partial charge in [-0.15, -0.1) is 0 Å². The van der Waals surface area contributed by atoms with Gasteiger partial charge in [0.05, 0.1) is 11.5 Å². The molecule has 0 unspecified atom stereocenters. The Morgan fingerprint density at radius 2 is 1.92 bits per heavy atom. The molecular formula is C19H16FN3O2. The van der Waals surface area contributed by atoms with E-state index in [0.29, 0.717) is 18.9 Å². The monoisotopic (exact) mass is 337 g/mol. The molecule has 1 atom stereocenters. The lowest BCUT2D eigenvalue weighted by molar-refractivity contribution is -0.117. The zero-order valence-electron chi connectivity index (χ0n) is 13.6. The molecule has 3 aromatic rings. The fraction of sp³-hybridized carbons (Fsp3) is 0.211. The second-order valence-corrected chi connectivity index (χ2v) is 6.18. The van der Waals surface area contributed by atoms with Crippen LogP contribution in [-0.4, -0.2) is 22.6 Å². The average molecular weight is 337 g/mol. The largest absolute Gasteiger partial charge is 0.339 e.